The van der Waals surface area contributed by atoms with Crippen LogP contribution in [0.1, 0.15) is 38.9 Å². The molecule has 0 aliphatic heterocycles. The van der Waals surface area contributed by atoms with Crippen molar-refractivity contribution in [3.05, 3.63) is 136 Å². The molecule has 1 N–H and O–H groups in total. The molecule has 0 bridgehead atoms. The van der Waals surface area contributed by atoms with Gasteiger partial charge in [0.05, 0.1) is 17.1 Å². The van der Waals surface area contributed by atoms with Gasteiger partial charge in [0.1, 0.15) is 0 Å². The van der Waals surface area contributed by atoms with Crippen LogP contribution in [0, 0.1) is 26.2 Å². The highest BCUT2D eigenvalue weighted by Crippen LogP contribution is 2.27. The summed E-state index contributed by atoms with van der Waals surface area (Å²) in [5.41, 5.74) is 9.59. The van der Waals surface area contributed by atoms with Crippen LogP contribution in [0.2, 0.25) is 0 Å². The molecule has 152 valence electrons. The first-order valence-electron chi connectivity index (χ1n) is 10.5. The molecule has 31 heavy (non-hydrogen) atoms. The van der Waals surface area contributed by atoms with Crippen molar-refractivity contribution in [1.82, 2.24) is 0 Å². The summed E-state index contributed by atoms with van der Waals surface area (Å²) in [5, 5.41) is 9.05. The maximum Gasteiger partial charge on any atom is 0.0781 e. The average molecular weight is 403 g/mol. The lowest BCUT2D eigenvalue weighted by Crippen LogP contribution is -2.08. The number of hydrogen-bond acceptors (Lipinski definition) is 2. The topological polar surface area (TPSA) is 36.2 Å². The summed E-state index contributed by atoms with van der Waals surface area (Å²) in [6.07, 6.45) is 0. The molecule has 0 aliphatic carbocycles. The summed E-state index contributed by atoms with van der Waals surface area (Å²) in [4.78, 5) is 5.10. The molecule has 0 fully saturated rings. The van der Waals surface area contributed by atoms with Crippen molar-refractivity contribution in [1.29, 1.82) is 5.41 Å². The van der Waals surface area contributed by atoms with Gasteiger partial charge in [-0.2, -0.15) is 0 Å². The van der Waals surface area contributed by atoms with Crippen LogP contribution in [0.15, 0.2) is 102 Å². The maximum atomic E-state index is 9.05. The van der Waals surface area contributed by atoms with Crippen molar-refractivity contribution in [2.45, 2.75) is 20.8 Å². The Morgan fingerprint density at radius 2 is 1.13 bits per heavy atom. The minimum Gasteiger partial charge on any atom is -0.300 e. The predicted molar refractivity (Wildman–Crippen MR) is 131 cm³/mol. The normalized spacial score (nSPS) is 10.5. The van der Waals surface area contributed by atoms with Gasteiger partial charge in [-0.3, -0.25) is 5.41 Å². The Labute approximate surface area is 184 Å². The van der Waals surface area contributed by atoms with Crippen LogP contribution in [0.3, 0.4) is 0 Å². The fourth-order valence-electron chi connectivity index (χ4n) is 4.10. The lowest BCUT2D eigenvalue weighted by Gasteiger charge is -2.15. The summed E-state index contributed by atoms with van der Waals surface area (Å²) in [6, 6.07) is 32.7. The minimum atomic E-state index is 0.509. The first kappa shape index (κ1) is 20.5. The fraction of sp³-hybridized carbons (Fsp3) is 0.103. The predicted octanol–water partition coefficient (Wildman–Crippen LogP) is 7.20. The van der Waals surface area contributed by atoms with Gasteiger partial charge >= 0.3 is 0 Å². The molecule has 0 amide bonds. The highest BCUT2D eigenvalue weighted by Gasteiger charge is 2.16. The molecule has 2 heteroatoms. The molecular formula is C29H26N2. The Morgan fingerprint density at radius 3 is 1.68 bits per heavy atom. The van der Waals surface area contributed by atoms with Crippen LogP contribution >= 0.6 is 0 Å². The van der Waals surface area contributed by atoms with Crippen LogP contribution in [-0.2, 0) is 0 Å². The lowest BCUT2D eigenvalue weighted by molar-refractivity contribution is 1.28. The number of para-hydroxylation sites is 1. The first-order chi connectivity index (χ1) is 15.0. The lowest BCUT2D eigenvalue weighted by atomic mass is 9.92. The third-order valence-electron chi connectivity index (χ3n) is 5.43. The Morgan fingerprint density at radius 1 is 0.645 bits per heavy atom. The summed E-state index contributed by atoms with van der Waals surface area (Å²) < 4.78 is 0. The second-order valence-electron chi connectivity index (χ2n) is 7.86. The molecule has 4 aromatic carbocycles. The second kappa shape index (κ2) is 8.93. The van der Waals surface area contributed by atoms with E-state index in [1.807, 2.05) is 60.7 Å². The average Bonchev–Trinajstić information content (AvgIpc) is 2.78. The number of rotatable bonds is 5. The van der Waals surface area contributed by atoms with E-state index in [0.717, 1.165) is 44.8 Å². The van der Waals surface area contributed by atoms with E-state index in [1.165, 1.54) is 5.56 Å². The zero-order chi connectivity index (χ0) is 21.8. The van der Waals surface area contributed by atoms with Crippen LogP contribution in [0.25, 0.3) is 0 Å². The Kier molecular flexibility index (Phi) is 5.90. The smallest absolute Gasteiger partial charge is 0.0781 e. The number of hydrogen-bond donors (Lipinski definition) is 1. The van der Waals surface area contributed by atoms with Crippen LogP contribution in [0.4, 0.5) is 5.69 Å². The zero-order valence-electron chi connectivity index (χ0n) is 18.2. The molecule has 4 aromatic rings. The summed E-state index contributed by atoms with van der Waals surface area (Å²) in [6.45, 7) is 6.25. The fourth-order valence-corrected chi connectivity index (χ4v) is 4.10. The van der Waals surface area contributed by atoms with Gasteiger partial charge in [0.15, 0.2) is 0 Å². The van der Waals surface area contributed by atoms with E-state index in [2.05, 4.69) is 57.2 Å². The van der Waals surface area contributed by atoms with Gasteiger partial charge < -0.3 is 0 Å². The molecule has 0 aliphatic rings. The van der Waals surface area contributed by atoms with E-state index in [-0.39, 0.29) is 0 Å². The molecule has 0 saturated carbocycles. The Balaban J connectivity index is 1.88. The zero-order valence-corrected chi connectivity index (χ0v) is 18.2. The van der Waals surface area contributed by atoms with E-state index >= 15 is 0 Å². The van der Waals surface area contributed by atoms with Gasteiger partial charge in [-0.05, 0) is 38.0 Å². The number of nitrogens with one attached hydrogen (secondary N) is 1. The van der Waals surface area contributed by atoms with Gasteiger partial charge in [0.25, 0.3) is 0 Å². The minimum absolute atomic E-state index is 0.509. The van der Waals surface area contributed by atoms with Gasteiger partial charge in [-0.25, -0.2) is 4.99 Å². The van der Waals surface area contributed by atoms with Crippen LogP contribution in [0.5, 0.6) is 0 Å². The van der Waals surface area contributed by atoms with Crippen LogP contribution < -0.4 is 0 Å². The third-order valence-corrected chi connectivity index (χ3v) is 5.43. The third kappa shape index (κ3) is 4.39. The van der Waals surface area contributed by atoms with Crippen molar-refractivity contribution in [2.75, 3.05) is 0 Å². The first-order valence-corrected chi connectivity index (χ1v) is 10.5. The molecule has 0 unspecified atom stereocenters. The molecule has 0 atom stereocenters. The monoisotopic (exact) mass is 402 g/mol. The summed E-state index contributed by atoms with van der Waals surface area (Å²) >= 11 is 0. The molecule has 0 radical (unpaired) electrons. The number of nitrogens with zero attached hydrogens (tertiary/aromatic N) is 1. The highest BCUT2D eigenvalue weighted by molar-refractivity contribution is 6.18. The van der Waals surface area contributed by atoms with E-state index in [9.17, 15) is 0 Å². The Hall–Kier alpha value is -3.78. The highest BCUT2D eigenvalue weighted by atomic mass is 14.8. The maximum absolute atomic E-state index is 9.05. The summed E-state index contributed by atoms with van der Waals surface area (Å²) in [7, 11) is 0. The molecule has 0 saturated heterocycles. The van der Waals surface area contributed by atoms with Gasteiger partial charge in [-0.1, -0.05) is 96.6 Å². The van der Waals surface area contributed by atoms with Gasteiger partial charge in [0.2, 0.25) is 0 Å². The van der Waals surface area contributed by atoms with Crippen LogP contribution in [-0.4, -0.2) is 11.4 Å². The van der Waals surface area contributed by atoms with E-state index in [4.69, 9.17) is 10.4 Å². The van der Waals surface area contributed by atoms with E-state index < -0.39 is 0 Å². The molecule has 2 nitrogen and oxygen atoms in total. The molecule has 0 spiro atoms. The standard InChI is InChI=1S/C29H26N2/c1-20-18-21(2)27(22(3)19-20)28(30)25-16-10-11-17-26(25)31-29(23-12-6-4-7-13-23)24-14-8-5-9-15-24/h4-19,30H,1-3H3. The van der Waals surface area contributed by atoms with Gasteiger partial charge in [-0.15, -0.1) is 0 Å². The molecule has 0 heterocycles. The SMILES string of the molecule is Cc1cc(C)c(C(=N)c2ccccc2N=C(c2ccccc2)c2ccccc2)c(C)c1. The quantitative estimate of drug-likeness (QED) is 0.343. The Bertz CT molecular complexity index is 1190. The van der Waals surface area contributed by atoms with E-state index in [1.54, 1.807) is 0 Å². The largest absolute Gasteiger partial charge is 0.300 e. The van der Waals surface area contributed by atoms with E-state index in [0.29, 0.717) is 5.71 Å². The van der Waals surface area contributed by atoms with Gasteiger partial charge in [0, 0.05) is 22.3 Å². The van der Waals surface area contributed by atoms with Crippen molar-refractivity contribution in [2.24, 2.45) is 4.99 Å². The van der Waals surface area contributed by atoms with Crippen molar-refractivity contribution < 1.29 is 0 Å². The molecular weight excluding hydrogens is 376 g/mol. The van der Waals surface area contributed by atoms with Crippen molar-refractivity contribution in [3.63, 3.8) is 0 Å². The molecule has 4 rings (SSSR count). The second-order valence-corrected chi connectivity index (χ2v) is 7.86. The van der Waals surface area contributed by atoms with Crippen molar-refractivity contribution >= 4 is 17.1 Å². The number of aryl methyl sites for hydroxylation is 3. The van der Waals surface area contributed by atoms with Crippen molar-refractivity contribution in [3.8, 4) is 0 Å². The number of benzene rings is 4. The summed E-state index contributed by atoms with van der Waals surface area (Å²) in [5.74, 6) is 0. The number of aliphatic imine (C=N–C) groups is 1. The molecule has 0 aromatic heterocycles.